The summed E-state index contributed by atoms with van der Waals surface area (Å²) >= 11 is 0. The van der Waals surface area contributed by atoms with Gasteiger partial charge in [0.05, 0.1) is 7.11 Å². The second-order valence-electron chi connectivity index (χ2n) is 6.33. The topological polar surface area (TPSA) is 60.3 Å². The van der Waals surface area contributed by atoms with Gasteiger partial charge in [0.2, 0.25) is 0 Å². The van der Waals surface area contributed by atoms with Gasteiger partial charge in [0.15, 0.2) is 5.96 Å². The average molecular weight is 476 g/mol. The van der Waals surface area contributed by atoms with E-state index < -0.39 is 0 Å². The quantitative estimate of drug-likeness (QED) is 0.360. The van der Waals surface area contributed by atoms with Crippen molar-refractivity contribution in [3.63, 3.8) is 0 Å². The lowest BCUT2D eigenvalue weighted by Crippen LogP contribution is -2.43. The molecule has 0 aromatic heterocycles. The molecule has 26 heavy (non-hydrogen) atoms. The SMILES string of the molecule is CCN(CC)C1CCN(C(=NC)NCCc2ccc(OC)cc2O)C1.I. The molecular weight excluding hydrogens is 443 g/mol. The van der Waals surface area contributed by atoms with Gasteiger partial charge in [-0.25, -0.2) is 0 Å². The number of phenols is 1. The Balaban J connectivity index is 0.00000338. The van der Waals surface area contributed by atoms with Gasteiger partial charge in [0.25, 0.3) is 0 Å². The van der Waals surface area contributed by atoms with Gasteiger partial charge >= 0.3 is 0 Å². The van der Waals surface area contributed by atoms with Crippen LogP contribution in [-0.4, -0.2) is 73.8 Å². The van der Waals surface area contributed by atoms with E-state index in [1.165, 1.54) is 6.42 Å². The van der Waals surface area contributed by atoms with Gasteiger partial charge in [-0.15, -0.1) is 24.0 Å². The monoisotopic (exact) mass is 476 g/mol. The molecule has 2 rings (SSSR count). The molecule has 1 unspecified atom stereocenters. The molecule has 0 saturated carbocycles. The Labute approximate surface area is 174 Å². The first kappa shape index (κ1) is 22.8. The van der Waals surface area contributed by atoms with Crippen LogP contribution < -0.4 is 10.1 Å². The van der Waals surface area contributed by atoms with Crippen LogP contribution in [0, 0.1) is 0 Å². The van der Waals surface area contributed by atoms with Crippen molar-refractivity contribution in [2.75, 3.05) is 46.9 Å². The minimum Gasteiger partial charge on any atom is -0.508 e. The molecule has 0 radical (unpaired) electrons. The van der Waals surface area contributed by atoms with Crippen LogP contribution in [0.2, 0.25) is 0 Å². The lowest BCUT2D eigenvalue weighted by Gasteiger charge is -2.27. The van der Waals surface area contributed by atoms with E-state index in [0.717, 1.165) is 50.7 Å². The first-order valence-corrected chi connectivity index (χ1v) is 9.18. The fourth-order valence-corrected chi connectivity index (χ4v) is 3.50. The fourth-order valence-electron chi connectivity index (χ4n) is 3.50. The van der Waals surface area contributed by atoms with E-state index in [9.17, 15) is 5.11 Å². The number of nitrogens with zero attached hydrogens (tertiary/aromatic N) is 3. The van der Waals surface area contributed by atoms with Crippen LogP contribution in [0.4, 0.5) is 0 Å². The maximum absolute atomic E-state index is 10.1. The van der Waals surface area contributed by atoms with E-state index in [1.54, 1.807) is 13.2 Å². The molecular formula is C19H33IN4O2. The molecule has 1 heterocycles. The Bertz CT molecular complexity index is 579. The summed E-state index contributed by atoms with van der Waals surface area (Å²) in [6, 6.07) is 6.04. The van der Waals surface area contributed by atoms with E-state index in [2.05, 4.69) is 34.0 Å². The number of hydrogen-bond acceptors (Lipinski definition) is 4. The van der Waals surface area contributed by atoms with E-state index >= 15 is 0 Å². The molecule has 1 aromatic rings. The number of rotatable bonds is 7. The van der Waals surface area contributed by atoms with E-state index in [0.29, 0.717) is 11.8 Å². The number of methoxy groups -OCH3 is 1. The third kappa shape index (κ3) is 5.90. The molecule has 0 spiro atoms. The zero-order valence-corrected chi connectivity index (χ0v) is 18.7. The van der Waals surface area contributed by atoms with Crippen molar-refractivity contribution < 1.29 is 9.84 Å². The van der Waals surface area contributed by atoms with Crippen LogP contribution in [0.1, 0.15) is 25.8 Å². The molecule has 6 nitrogen and oxygen atoms in total. The van der Waals surface area contributed by atoms with Crippen LogP contribution in [0.3, 0.4) is 0 Å². The van der Waals surface area contributed by atoms with Gasteiger partial charge in [-0.2, -0.15) is 0 Å². The van der Waals surface area contributed by atoms with Gasteiger partial charge in [0.1, 0.15) is 11.5 Å². The standard InChI is InChI=1S/C19H32N4O2.HI/c1-5-22(6-2)16-10-12-23(14-16)19(20-3)21-11-9-15-7-8-17(25-4)13-18(15)24;/h7-8,13,16,24H,5-6,9-12,14H2,1-4H3,(H,20,21);1H. The Kier molecular flexibility index (Phi) is 10.1. The van der Waals surface area contributed by atoms with Crippen molar-refractivity contribution >= 4 is 29.9 Å². The zero-order chi connectivity index (χ0) is 18.2. The second kappa shape index (κ2) is 11.5. The molecule has 0 amide bonds. The third-order valence-corrected chi connectivity index (χ3v) is 4.97. The van der Waals surface area contributed by atoms with E-state index in [4.69, 9.17) is 4.74 Å². The number of nitrogens with one attached hydrogen (secondary N) is 1. The van der Waals surface area contributed by atoms with Crippen LogP contribution in [-0.2, 0) is 6.42 Å². The Morgan fingerprint density at radius 2 is 2.12 bits per heavy atom. The summed E-state index contributed by atoms with van der Waals surface area (Å²) < 4.78 is 5.12. The number of aliphatic imine (C=N–C) groups is 1. The van der Waals surface area contributed by atoms with Crippen LogP contribution >= 0.6 is 24.0 Å². The number of halogens is 1. The second-order valence-corrected chi connectivity index (χ2v) is 6.33. The van der Waals surface area contributed by atoms with Crippen molar-refractivity contribution in [1.29, 1.82) is 0 Å². The molecule has 7 heteroatoms. The predicted molar refractivity (Wildman–Crippen MR) is 118 cm³/mol. The van der Waals surface area contributed by atoms with Crippen molar-refractivity contribution in [2.24, 2.45) is 4.99 Å². The van der Waals surface area contributed by atoms with Gasteiger partial charge in [-0.1, -0.05) is 19.9 Å². The van der Waals surface area contributed by atoms with Gasteiger partial charge in [-0.3, -0.25) is 9.89 Å². The number of phenolic OH excluding ortho intramolecular Hbond substituents is 1. The molecule has 0 bridgehead atoms. The highest BCUT2D eigenvalue weighted by Gasteiger charge is 2.27. The lowest BCUT2D eigenvalue weighted by atomic mass is 10.1. The molecule has 1 aromatic carbocycles. The number of ether oxygens (including phenoxy) is 1. The Morgan fingerprint density at radius 3 is 2.69 bits per heavy atom. The minimum absolute atomic E-state index is 0. The third-order valence-electron chi connectivity index (χ3n) is 4.97. The van der Waals surface area contributed by atoms with Crippen LogP contribution in [0.25, 0.3) is 0 Å². The summed E-state index contributed by atoms with van der Waals surface area (Å²) in [5.74, 6) is 1.89. The molecule has 148 valence electrons. The number of guanidine groups is 1. The predicted octanol–water partition coefficient (Wildman–Crippen LogP) is 2.55. The number of aromatic hydroxyl groups is 1. The van der Waals surface area contributed by atoms with Crippen molar-refractivity contribution in [1.82, 2.24) is 15.1 Å². The molecule has 1 atom stereocenters. The smallest absolute Gasteiger partial charge is 0.193 e. The lowest BCUT2D eigenvalue weighted by molar-refractivity contribution is 0.223. The highest BCUT2D eigenvalue weighted by atomic mass is 127. The maximum atomic E-state index is 10.1. The number of likely N-dealkylation sites (tertiary alicyclic amines) is 1. The van der Waals surface area contributed by atoms with Crippen molar-refractivity contribution in [3.8, 4) is 11.5 Å². The average Bonchev–Trinajstić information content (AvgIpc) is 3.10. The highest BCUT2D eigenvalue weighted by Crippen LogP contribution is 2.23. The maximum Gasteiger partial charge on any atom is 0.193 e. The normalized spacial score (nSPS) is 17.3. The van der Waals surface area contributed by atoms with Crippen molar-refractivity contribution in [2.45, 2.75) is 32.7 Å². The Hall–Kier alpha value is -1.22. The Morgan fingerprint density at radius 1 is 1.38 bits per heavy atom. The van der Waals surface area contributed by atoms with E-state index in [-0.39, 0.29) is 29.7 Å². The highest BCUT2D eigenvalue weighted by molar-refractivity contribution is 14.0. The van der Waals surface area contributed by atoms with Gasteiger partial charge in [0, 0.05) is 38.8 Å². The number of benzene rings is 1. The molecule has 0 aliphatic carbocycles. The van der Waals surface area contributed by atoms with E-state index in [1.807, 2.05) is 19.2 Å². The van der Waals surface area contributed by atoms with Gasteiger partial charge < -0.3 is 20.1 Å². The summed E-state index contributed by atoms with van der Waals surface area (Å²) in [5.41, 5.74) is 0.909. The largest absolute Gasteiger partial charge is 0.508 e. The molecule has 1 aliphatic heterocycles. The van der Waals surface area contributed by atoms with Crippen LogP contribution in [0.15, 0.2) is 23.2 Å². The van der Waals surface area contributed by atoms with Gasteiger partial charge in [-0.05, 0) is 37.6 Å². The summed E-state index contributed by atoms with van der Waals surface area (Å²) in [6.45, 7) is 9.43. The van der Waals surface area contributed by atoms with Crippen molar-refractivity contribution in [3.05, 3.63) is 23.8 Å². The van der Waals surface area contributed by atoms with Crippen LogP contribution in [0.5, 0.6) is 11.5 Å². The summed E-state index contributed by atoms with van der Waals surface area (Å²) in [6.07, 6.45) is 1.92. The summed E-state index contributed by atoms with van der Waals surface area (Å²) in [7, 11) is 3.43. The molecule has 1 aliphatic rings. The first-order valence-electron chi connectivity index (χ1n) is 9.18. The fraction of sp³-hybridized carbons (Fsp3) is 0.632. The zero-order valence-electron chi connectivity index (χ0n) is 16.4. The molecule has 1 saturated heterocycles. The number of hydrogen-bond donors (Lipinski definition) is 2. The summed E-state index contributed by atoms with van der Waals surface area (Å²) in [5, 5.41) is 13.5. The molecule has 1 fully saturated rings. The number of likely N-dealkylation sites (N-methyl/N-ethyl adjacent to an activating group) is 1. The first-order chi connectivity index (χ1) is 12.1. The summed E-state index contributed by atoms with van der Waals surface area (Å²) in [4.78, 5) is 9.27. The molecule has 2 N–H and O–H groups in total. The minimum atomic E-state index is 0.